The van der Waals surface area contributed by atoms with Crippen molar-refractivity contribution in [2.24, 2.45) is 0 Å². The molecule has 0 aromatic carbocycles. The summed E-state index contributed by atoms with van der Waals surface area (Å²) < 4.78 is 0. The van der Waals surface area contributed by atoms with Crippen molar-refractivity contribution in [3.8, 4) is 0 Å². The maximum absolute atomic E-state index is 9.85. The topological polar surface area (TPSA) is 32.3 Å². The summed E-state index contributed by atoms with van der Waals surface area (Å²) in [5.41, 5.74) is -0.521. The van der Waals surface area contributed by atoms with Gasteiger partial charge in [-0.3, -0.25) is 0 Å². The lowest BCUT2D eigenvalue weighted by Crippen LogP contribution is -2.38. The van der Waals surface area contributed by atoms with Crippen LogP contribution in [0, 0.1) is 0 Å². The molecular formula is C11H25NOS. The van der Waals surface area contributed by atoms with Gasteiger partial charge in [-0.25, -0.2) is 0 Å². The maximum Gasteiger partial charge on any atom is 0.0743 e. The van der Waals surface area contributed by atoms with E-state index in [4.69, 9.17) is 0 Å². The largest absolute Gasteiger partial charge is 0.389 e. The number of aliphatic hydroxyl groups is 1. The molecule has 3 heteroatoms. The van der Waals surface area contributed by atoms with Crippen LogP contribution in [0.25, 0.3) is 0 Å². The SMILES string of the molecule is CCCC(C)(O)CNCCCSCC. The molecule has 0 spiro atoms. The van der Waals surface area contributed by atoms with E-state index in [1.807, 2.05) is 18.7 Å². The van der Waals surface area contributed by atoms with Crippen LogP contribution in [-0.2, 0) is 0 Å². The van der Waals surface area contributed by atoms with Gasteiger partial charge in [-0.2, -0.15) is 11.8 Å². The molecule has 0 radical (unpaired) electrons. The summed E-state index contributed by atoms with van der Waals surface area (Å²) >= 11 is 1.97. The Kier molecular flexibility index (Phi) is 8.73. The smallest absolute Gasteiger partial charge is 0.0743 e. The van der Waals surface area contributed by atoms with E-state index in [9.17, 15) is 5.11 Å². The third-order valence-corrected chi connectivity index (χ3v) is 3.13. The lowest BCUT2D eigenvalue weighted by molar-refractivity contribution is 0.0503. The molecule has 2 nitrogen and oxygen atoms in total. The summed E-state index contributed by atoms with van der Waals surface area (Å²) in [5.74, 6) is 2.42. The molecule has 0 aromatic heterocycles. The Morgan fingerprint density at radius 1 is 1.36 bits per heavy atom. The molecule has 0 heterocycles. The Balaban J connectivity index is 3.26. The molecule has 14 heavy (non-hydrogen) atoms. The molecular weight excluding hydrogens is 194 g/mol. The second-order valence-corrected chi connectivity index (χ2v) is 5.37. The molecule has 0 rings (SSSR count). The van der Waals surface area contributed by atoms with E-state index in [1.165, 1.54) is 17.9 Å². The van der Waals surface area contributed by atoms with Crippen molar-refractivity contribution in [2.45, 2.75) is 45.6 Å². The first-order valence-electron chi connectivity index (χ1n) is 5.63. The molecule has 0 aliphatic rings. The van der Waals surface area contributed by atoms with Crippen molar-refractivity contribution >= 4 is 11.8 Å². The van der Waals surface area contributed by atoms with Crippen molar-refractivity contribution in [1.29, 1.82) is 0 Å². The lowest BCUT2D eigenvalue weighted by atomic mass is 10.0. The molecule has 0 aliphatic carbocycles. The van der Waals surface area contributed by atoms with Crippen molar-refractivity contribution in [3.63, 3.8) is 0 Å². The predicted molar refractivity (Wildman–Crippen MR) is 66.0 cm³/mol. The van der Waals surface area contributed by atoms with Crippen LogP contribution in [0.3, 0.4) is 0 Å². The highest BCUT2D eigenvalue weighted by atomic mass is 32.2. The zero-order chi connectivity index (χ0) is 10.9. The van der Waals surface area contributed by atoms with Gasteiger partial charge in [-0.05, 0) is 37.8 Å². The summed E-state index contributed by atoms with van der Waals surface area (Å²) in [5, 5.41) is 13.2. The van der Waals surface area contributed by atoms with Crippen LogP contribution in [0.15, 0.2) is 0 Å². The Bertz CT molecular complexity index is 128. The first kappa shape index (κ1) is 14.3. The van der Waals surface area contributed by atoms with E-state index in [-0.39, 0.29) is 0 Å². The molecule has 86 valence electrons. The minimum absolute atomic E-state index is 0.521. The first-order valence-corrected chi connectivity index (χ1v) is 6.78. The standard InChI is InChI=1S/C11H25NOS/c1-4-7-11(3,13)10-12-8-6-9-14-5-2/h12-13H,4-10H2,1-3H3. The second kappa shape index (κ2) is 8.57. The lowest BCUT2D eigenvalue weighted by Gasteiger charge is -2.22. The molecule has 1 unspecified atom stereocenters. The highest BCUT2D eigenvalue weighted by molar-refractivity contribution is 7.99. The molecule has 0 aliphatic heterocycles. The average molecular weight is 219 g/mol. The van der Waals surface area contributed by atoms with Crippen molar-refractivity contribution < 1.29 is 5.11 Å². The number of hydrogen-bond acceptors (Lipinski definition) is 3. The van der Waals surface area contributed by atoms with Crippen LogP contribution in [0.1, 0.15) is 40.0 Å². The van der Waals surface area contributed by atoms with E-state index in [0.717, 1.165) is 25.9 Å². The van der Waals surface area contributed by atoms with Gasteiger partial charge in [0.15, 0.2) is 0 Å². The van der Waals surface area contributed by atoms with Crippen molar-refractivity contribution in [2.75, 3.05) is 24.6 Å². The van der Waals surface area contributed by atoms with E-state index in [2.05, 4.69) is 19.2 Å². The summed E-state index contributed by atoms with van der Waals surface area (Å²) in [7, 11) is 0. The van der Waals surface area contributed by atoms with E-state index in [0.29, 0.717) is 0 Å². The fourth-order valence-corrected chi connectivity index (χ4v) is 2.07. The minimum Gasteiger partial charge on any atom is -0.389 e. The third-order valence-electron chi connectivity index (χ3n) is 2.14. The minimum atomic E-state index is -0.521. The maximum atomic E-state index is 9.85. The molecule has 0 fully saturated rings. The fraction of sp³-hybridized carbons (Fsp3) is 1.00. The van der Waals surface area contributed by atoms with E-state index >= 15 is 0 Å². The Hall–Kier alpha value is 0.270. The quantitative estimate of drug-likeness (QED) is 0.584. The Morgan fingerprint density at radius 2 is 2.07 bits per heavy atom. The van der Waals surface area contributed by atoms with Gasteiger partial charge in [0.05, 0.1) is 5.60 Å². The normalized spacial score (nSPS) is 15.4. The number of rotatable bonds is 9. The fourth-order valence-electron chi connectivity index (χ4n) is 1.43. The third kappa shape index (κ3) is 8.85. The first-order chi connectivity index (χ1) is 6.62. The van der Waals surface area contributed by atoms with E-state index < -0.39 is 5.60 Å². The molecule has 0 saturated carbocycles. The highest BCUT2D eigenvalue weighted by Gasteiger charge is 2.17. The number of thioether (sulfide) groups is 1. The van der Waals surface area contributed by atoms with Gasteiger partial charge in [-0.1, -0.05) is 20.3 Å². The van der Waals surface area contributed by atoms with Gasteiger partial charge < -0.3 is 10.4 Å². The highest BCUT2D eigenvalue weighted by Crippen LogP contribution is 2.09. The van der Waals surface area contributed by atoms with Gasteiger partial charge in [0, 0.05) is 6.54 Å². The molecule has 0 saturated heterocycles. The van der Waals surface area contributed by atoms with Gasteiger partial charge in [0.2, 0.25) is 0 Å². The average Bonchev–Trinajstić information content (AvgIpc) is 2.11. The van der Waals surface area contributed by atoms with Crippen LogP contribution in [0.5, 0.6) is 0 Å². The van der Waals surface area contributed by atoms with E-state index in [1.54, 1.807) is 0 Å². The Labute approximate surface area is 92.9 Å². The molecule has 0 amide bonds. The van der Waals surface area contributed by atoms with Crippen LogP contribution < -0.4 is 5.32 Å². The van der Waals surface area contributed by atoms with Crippen LogP contribution in [-0.4, -0.2) is 35.3 Å². The van der Waals surface area contributed by atoms with Gasteiger partial charge in [0.1, 0.15) is 0 Å². The zero-order valence-electron chi connectivity index (χ0n) is 9.81. The molecule has 1 atom stereocenters. The van der Waals surface area contributed by atoms with Gasteiger partial charge in [0.25, 0.3) is 0 Å². The van der Waals surface area contributed by atoms with Crippen LogP contribution in [0.4, 0.5) is 0 Å². The molecule has 2 N–H and O–H groups in total. The monoisotopic (exact) mass is 219 g/mol. The zero-order valence-corrected chi connectivity index (χ0v) is 10.6. The summed E-state index contributed by atoms with van der Waals surface area (Å²) in [6.45, 7) is 7.94. The summed E-state index contributed by atoms with van der Waals surface area (Å²) in [4.78, 5) is 0. The number of nitrogens with one attached hydrogen (secondary N) is 1. The Morgan fingerprint density at radius 3 is 2.64 bits per heavy atom. The molecule has 0 bridgehead atoms. The van der Waals surface area contributed by atoms with Crippen molar-refractivity contribution in [1.82, 2.24) is 5.32 Å². The summed E-state index contributed by atoms with van der Waals surface area (Å²) in [6.07, 6.45) is 3.12. The van der Waals surface area contributed by atoms with Crippen LogP contribution in [0.2, 0.25) is 0 Å². The van der Waals surface area contributed by atoms with Crippen molar-refractivity contribution in [3.05, 3.63) is 0 Å². The van der Waals surface area contributed by atoms with Gasteiger partial charge >= 0.3 is 0 Å². The van der Waals surface area contributed by atoms with Crippen LogP contribution >= 0.6 is 11.8 Å². The second-order valence-electron chi connectivity index (χ2n) is 3.97. The number of hydrogen-bond donors (Lipinski definition) is 2. The molecule has 0 aromatic rings. The summed E-state index contributed by atoms with van der Waals surface area (Å²) in [6, 6.07) is 0. The van der Waals surface area contributed by atoms with Gasteiger partial charge in [-0.15, -0.1) is 0 Å². The predicted octanol–water partition coefficient (Wildman–Crippen LogP) is 2.27.